The number of benzene rings is 6. The van der Waals surface area contributed by atoms with E-state index in [2.05, 4.69) is 107 Å². The van der Waals surface area contributed by atoms with Gasteiger partial charge < -0.3 is 50.5 Å². The van der Waals surface area contributed by atoms with Crippen molar-refractivity contribution in [1.82, 2.24) is 35.1 Å². The van der Waals surface area contributed by atoms with E-state index in [1.54, 1.807) is 60.5 Å². The lowest BCUT2D eigenvalue weighted by Crippen LogP contribution is -2.43. The number of anilines is 3. The molecule has 4 atom stereocenters. The lowest BCUT2D eigenvalue weighted by Gasteiger charge is -2.30. The highest BCUT2D eigenvalue weighted by Crippen LogP contribution is 2.41. The number of ketones is 6. The summed E-state index contributed by atoms with van der Waals surface area (Å²) < 4.78 is 5.43. The number of rotatable bonds is 29. The van der Waals surface area contributed by atoms with Gasteiger partial charge in [-0.15, -0.1) is 22.7 Å². The fraction of sp³-hybridized carbons (Fsp3) is 0.402. The highest BCUT2D eigenvalue weighted by molar-refractivity contribution is 7.10. The Bertz CT molecular complexity index is 5940. The fourth-order valence-electron chi connectivity index (χ4n) is 19.0. The summed E-state index contributed by atoms with van der Waals surface area (Å²) in [5.41, 5.74) is 21.7. The van der Waals surface area contributed by atoms with Crippen molar-refractivity contribution in [3.05, 3.63) is 283 Å². The summed E-state index contributed by atoms with van der Waals surface area (Å²) in [4.78, 5) is 165. The molecule has 7 heterocycles. The van der Waals surface area contributed by atoms with Crippen LogP contribution in [-0.4, -0.2) is 172 Å². The summed E-state index contributed by atoms with van der Waals surface area (Å²) in [6.45, 7) is 28.9. The molecule has 4 N–H and O–H groups in total. The van der Waals surface area contributed by atoms with Crippen molar-refractivity contribution in [2.75, 3.05) is 69.0 Å². The van der Waals surface area contributed by atoms with Crippen LogP contribution in [0.5, 0.6) is 0 Å². The predicted molar refractivity (Wildman–Crippen MR) is 527 cm³/mol. The Morgan fingerprint density at radius 2 is 0.873 bits per heavy atom. The zero-order chi connectivity index (χ0) is 95.1. The summed E-state index contributed by atoms with van der Waals surface area (Å²) in [5.74, 6) is 0.236. The second-order valence-corrected chi connectivity index (χ2v) is 39.7. The van der Waals surface area contributed by atoms with Crippen LogP contribution in [0, 0.1) is 20.8 Å². The smallest absolute Gasteiger partial charge is 0.255 e. The number of nitrogens with zero attached hydrogens (tertiary/aromatic N) is 6. The maximum Gasteiger partial charge on any atom is 0.255 e. The third kappa shape index (κ3) is 24.9. The number of thiophene rings is 2. The van der Waals surface area contributed by atoms with Crippen molar-refractivity contribution in [3.63, 3.8) is 0 Å². The first-order valence-corrected chi connectivity index (χ1v) is 49.0. The van der Waals surface area contributed by atoms with Crippen LogP contribution in [0.25, 0.3) is 0 Å². The molecule has 4 aliphatic carbocycles. The number of carbonyl (C=O) groups is 12. The number of aryl methyl sites for hydroxylation is 7. The van der Waals surface area contributed by atoms with Gasteiger partial charge in [0.1, 0.15) is 11.6 Å². The maximum atomic E-state index is 13.0. The third-order valence-corrected chi connectivity index (χ3v) is 29.7. The molecule has 134 heavy (non-hydrogen) atoms. The Balaban J connectivity index is 0.000000143. The minimum absolute atomic E-state index is 0.0401. The first-order valence-electron chi connectivity index (χ1n) is 46.5. The van der Waals surface area contributed by atoms with E-state index in [-0.39, 0.29) is 107 Å². The number of allylic oxidation sites excluding steroid dienone is 4. The molecule has 27 heteroatoms. The molecular weight excluding hydrogens is 1770 g/mol. The Hall–Kier alpha value is -11.6. The highest BCUT2D eigenvalue weighted by Gasteiger charge is 2.44. The van der Waals surface area contributed by atoms with E-state index in [9.17, 15) is 57.5 Å². The molecule has 8 aromatic rings. The van der Waals surface area contributed by atoms with Crippen LogP contribution >= 0.6 is 45.9 Å². The van der Waals surface area contributed by atoms with Crippen LogP contribution in [0.2, 0.25) is 10.0 Å². The Kier molecular flexibility index (Phi) is 33.2. The second kappa shape index (κ2) is 45.2. The normalized spacial score (nSPS) is 18.8. The van der Waals surface area contributed by atoms with Crippen LogP contribution in [-0.2, 0) is 115 Å². The molecule has 4 saturated carbocycles. The average Bonchev–Trinajstić information content (AvgIpc) is 1.62. The molecule has 6 aromatic carbocycles. The van der Waals surface area contributed by atoms with Gasteiger partial charge in [0.2, 0.25) is 11.8 Å². The summed E-state index contributed by atoms with van der Waals surface area (Å²) >= 11 is 15.4. The molecule has 0 spiro atoms. The number of nitrogens with one attached hydrogen (secondary N) is 4. The molecule has 1 saturated heterocycles. The van der Waals surface area contributed by atoms with Gasteiger partial charge in [-0.1, -0.05) is 145 Å². The third-order valence-electron chi connectivity index (χ3n) is 26.7. The Morgan fingerprint density at radius 3 is 1.37 bits per heavy atom. The number of ether oxygens (including phenoxy) is 1. The van der Waals surface area contributed by atoms with Crippen molar-refractivity contribution < 1.29 is 62.3 Å². The highest BCUT2D eigenvalue weighted by atomic mass is 35.5. The number of Topliss-reactive ketones (excluding diaryl/α,β-unsaturated/α-hetero) is 6. The zero-order valence-electron chi connectivity index (χ0n) is 77.4. The molecular formula is C107H120Cl2N10O13S2. The second-order valence-electron chi connectivity index (χ2n) is 37.0. The first-order chi connectivity index (χ1) is 64.3. The standard InChI is InChI=1S/C29H34N2O4S.C27H32N2O3S.C26H28ClN3O3.C25H26ClN3O3/c1-20-5-9-26(27(33)15-20)31-18-24-25(29(31)34)19-36-28(24)10-8-23(32)7-6-21-3-2-4-22(16-21)17-30-11-13-35-14-12-30;1-17-5-10-24(25(31)13-17)29-15-21-22(27(29)32)16-33-26(21)12-9-20(30)8-6-19-7-11-23(28(3)4)18(2)14-19;1-16-4-3-5-23(24(31)10-16)30-15-19-11-18(7-9-21(19)26(30)33)13-29-25(32)14-28-20-8-6-17(2)22(27)12-20;1-15-3-8-22(23(30)9-15)29-14-18-6-5-17(10-20(18)25(29)32)12-28-24(31)13-27-19-7-4-16(2)21(26)11-19/h2-4,16,19,26H,1,5-15,17-18H2;7,11,14,16,24H,1,5-6,8-10,12-13,15H2,2-4H3;6-9,11-12,23,28H,1,3-5,10,13-15H2,2H3,(H,29,32);4-7,10-11,22,27H,1,3,8-9,12-14H2,2H3,(H,28,31)/t;;23-;/m..0./s1. The van der Waals surface area contributed by atoms with E-state index in [4.69, 9.17) is 27.9 Å². The largest absolute Gasteiger partial charge is 0.379 e. The van der Waals surface area contributed by atoms with Gasteiger partial charge in [-0.05, 0) is 213 Å². The van der Waals surface area contributed by atoms with Crippen LogP contribution in [0.3, 0.4) is 0 Å². The van der Waals surface area contributed by atoms with E-state index in [1.165, 1.54) is 27.9 Å². The van der Waals surface area contributed by atoms with Crippen molar-refractivity contribution in [3.8, 4) is 0 Å². The molecule has 702 valence electrons. The molecule has 17 rings (SSSR count). The number of fused-ring (bicyclic) bond motifs is 4. The van der Waals surface area contributed by atoms with E-state index < -0.39 is 0 Å². The quantitative estimate of drug-likeness (QED) is 0.0250. The average molecular weight is 1890 g/mol. The molecule has 6 amide bonds. The van der Waals surface area contributed by atoms with Crippen molar-refractivity contribution >= 4 is 133 Å². The number of hydrogen-bond acceptors (Lipinski definition) is 19. The fourth-order valence-corrected chi connectivity index (χ4v) is 21.4. The van der Waals surface area contributed by atoms with Crippen LogP contribution in [0.1, 0.15) is 227 Å². The maximum absolute atomic E-state index is 13.0. The van der Waals surface area contributed by atoms with Gasteiger partial charge in [-0.2, -0.15) is 0 Å². The molecule has 9 aliphatic rings. The molecule has 3 unspecified atom stereocenters. The van der Waals surface area contributed by atoms with Crippen molar-refractivity contribution in [1.29, 1.82) is 0 Å². The lowest BCUT2D eigenvalue weighted by atomic mass is 9.89. The van der Waals surface area contributed by atoms with Crippen LogP contribution < -0.4 is 26.2 Å². The topological polar surface area (TPSA) is 282 Å². The van der Waals surface area contributed by atoms with Gasteiger partial charge in [0.05, 0.1) is 61.6 Å². The predicted octanol–water partition coefficient (Wildman–Crippen LogP) is 17.6. The first kappa shape index (κ1) is 98.4. The number of hydrogen-bond donors (Lipinski definition) is 4. The van der Waals surface area contributed by atoms with Gasteiger partial charge in [-0.25, -0.2) is 0 Å². The van der Waals surface area contributed by atoms with E-state index in [0.717, 1.165) is 177 Å². The summed E-state index contributed by atoms with van der Waals surface area (Å²) in [5, 5.41) is 17.0. The van der Waals surface area contributed by atoms with Crippen molar-refractivity contribution in [2.24, 2.45) is 0 Å². The number of halogens is 2. The summed E-state index contributed by atoms with van der Waals surface area (Å²) in [6.07, 6.45) is 13.0. The molecule has 0 radical (unpaired) electrons. The summed E-state index contributed by atoms with van der Waals surface area (Å²) in [7, 11) is 4.06. The molecule has 5 fully saturated rings. The zero-order valence-corrected chi connectivity index (χ0v) is 80.5. The monoisotopic (exact) mass is 1890 g/mol. The Labute approximate surface area is 803 Å². The minimum Gasteiger partial charge on any atom is -0.379 e. The van der Waals surface area contributed by atoms with Gasteiger partial charge in [0.15, 0.2) is 23.1 Å². The molecule has 23 nitrogen and oxygen atoms in total. The van der Waals surface area contributed by atoms with E-state index >= 15 is 0 Å². The van der Waals surface area contributed by atoms with Gasteiger partial charge in [0.25, 0.3) is 23.6 Å². The lowest BCUT2D eigenvalue weighted by molar-refractivity contribution is -0.124. The van der Waals surface area contributed by atoms with Gasteiger partial charge >= 0.3 is 0 Å². The molecule has 5 aliphatic heterocycles. The van der Waals surface area contributed by atoms with Gasteiger partial charge in [-0.3, -0.25) is 62.4 Å². The molecule has 2 aromatic heterocycles. The SMILES string of the molecule is C=C1CCC(N2Cc3c(csc3CCC(=O)CCc3ccc(N(C)C)c(C)c3)C2=O)C(=O)C1.C=C1CCC(N2Cc3c(csc3CCC(=O)CCc3cccc(CN4CCOCC4)c3)C2=O)C(=O)C1.C=C1CCC(N2Cc3ccc(CNC(=O)CNc4ccc(C)c(Cl)c4)cc3C2=O)C(=O)C1.C=C1CCC[C@H](N2Cc3cc(CNC(=O)CNc4ccc(C)c(Cl)c4)ccc3C2=O)C(=O)C1. The Morgan fingerprint density at radius 1 is 0.440 bits per heavy atom. The number of morpholine rings is 1. The number of carbonyl (C=O) groups excluding carboxylic acids is 12. The van der Waals surface area contributed by atoms with Gasteiger partial charge in [0, 0.05) is 183 Å². The van der Waals surface area contributed by atoms with Crippen molar-refractivity contribution in [2.45, 2.75) is 226 Å². The summed E-state index contributed by atoms with van der Waals surface area (Å²) in [6, 6.07) is 35.9. The van der Waals surface area contributed by atoms with E-state index in [1.807, 2.05) is 93.3 Å². The number of amides is 6. The molecule has 0 bridgehead atoms. The van der Waals surface area contributed by atoms with E-state index in [0.29, 0.717) is 150 Å². The minimum atomic E-state index is -0.381. The van der Waals surface area contributed by atoms with Crippen LogP contribution in [0.4, 0.5) is 17.1 Å². The van der Waals surface area contributed by atoms with Crippen LogP contribution in [0.15, 0.2) is 175 Å².